The van der Waals surface area contributed by atoms with Gasteiger partial charge in [0.05, 0.1) is 7.11 Å². The van der Waals surface area contributed by atoms with Crippen LogP contribution in [0, 0.1) is 6.92 Å². The van der Waals surface area contributed by atoms with Crippen molar-refractivity contribution in [2.24, 2.45) is 0 Å². The standard InChI is InChI=1S/C14H21NO/c1-5-7-13(15-6-2)12-9-8-11(3)10-14(12)16-4/h5,8-10,13,15H,1,6-7H2,2-4H3. The van der Waals surface area contributed by atoms with Gasteiger partial charge in [0.2, 0.25) is 0 Å². The molecule has 0 spiro atoms. The van der Waals surface area contributed by atoms with Crippen molar-refractivity contribution in [2.75, 3.05) is 13.7 Å². The van der Waals surface area contributed by atoms with Crippen LogP contribution in [0.1, 0.15) is 30.5 Å². The molecule has 0 radical (unpaired) electrons. The summed E-state index contributed by atoms with van der Waals surface area (Å²) in [7, 11) is 1.72. The highest BCUT2D eigenvalue weighted by atomic mass is 16.5. The first-order chi connectivity index (χ1) is 7.72. The molecular formula is C14H21NO. The van der Waals surface area contributed by atoms with E-state index in [1.165, 1.54) is 11.1 Å². The Morgan fingerprint density at radius 3 is 2.81 bits per heavy atom. The Morgan fingerprint density at radius 1 is 1.50 bits per heavy atom. The summed E-state index contributed by atoms with van der Waals surface area (Å²) in [6.07, 6.45) is 2.85. The maximum Gasteiger partial charge on any atom is 0.123 e. The Balaban J connectivity index is 3.01. The van der Waals surface area contributed by atoms with Crippen LogP contribution < -0.4 is 10.1 Å². The Labute approximate surface area is 98.3 Å². The molecule has 0 amide bonds. The van der Waals surface area contributed by atoms with Gasteiger partial charge in [0.25, 0.3) is 0 Å². The third-order valence-electron chi connectivity index (χ3n) is 2.62. The van der Waals surface area contributed by atoms with Crippen molar-refractivity contribution < 1.29 is 4.74 Å². The van der Waals surface area contributed by atoms with Crippen molar-refractivity contribution in [2.45, 2.75) is 26.3 Å². The maximum absolute atomic E-state index is 5.43. The highest BCUT2D eigenvalue weighted by molar-refractivity contribution is 5.39. The van der Waals surface area contributed by atoms with Crippen LogP contribution >= 0.6 is 0 Å². The first-order valence-corrected chi connectivity index (χ1v) is 5.71. The number of hydrogen-bond acceptors (Lipinski definition) is 2. The number of benzene rings is 1. The third-order valence-corrected chi connectivity index (χ3v) is 2.62. The van der Waals surface area contributed by atoms with E-state index >= 15 is 0 Å². The highest BCUT2D eigenvalue weighted by Crippen LogP contribution is 2.28. The molecular weight excluding hydrogens is 198 g/mol. The van der Waals surface area contributed by atoms with Crippen molar-refractivity contribution in [3.8, 4) is 5.75 Å². The minimum Gasteiger partial charge on any atom is -0.496 e. The number of nitrogens with one attached hydrogen (secondary N) is 1. The topological polar surface area (TPSA) is 21.3 Å². The molecule has 0 aliphatic carbocycles. The van der Waals surface area contributed by atoms with Crippen LogP contribution in [0.5, 0.6) is 5.75 Å². The zero-order valence-corrected chi connectivity index (χ0v) is 10.4. The zero-order chi connectivity index (χ0) is 12.0. The minimum absolute atomic E-state index is 0.290. The predicted molar refractivity (Wildman–Crippen MR) is 69.0 cm³/mol. The number of methoxy groups -OCH3 is 1. The molecule has 1 atom stereocenters. The summed E-state index contributed by atoms with van der Waals surface area (Å²) in [5, 5.41) is 3.44. The van der Waals surface area contributed by atoms with E-state index in [4.69, 9.17) is 4.74 Å². The first-order valence-electron chi connectivity index (χ1n) is 5.71. The summed E-state index contributed by atoms with van der Waals surface area (Å²) in [4.78, 5) is 0. The molecule has 0 aliphatic rings. The second-order valence-electron chi connectivity index (χ2n) is 3.88. The molecule has 0 saturated carbocycles. The van der Waals surface area contributed by atoms with Crippen LogP contribution in [-0.2, 0) is 0 Å². The lowest BCUT2D eigenvalue weighted by Gasteiger charge is -2.19. The smallest absolute Gasteiger partial charge is 0.123 e. The highest BCUT2D eigenvalue weighted by Gasteiger charge is 2.13. The normalized spacial score (nSPS) is 12.2. The number of rotatable bonds is 6. The predicted octanol–water partition coefficient (Wildman–Crippen LogP) is 3.23. The number of hydrogen-bond donors (Lipinski definition) is 1. The van der Waals surface area contributed by atoms with Crippen LogP contribution in [0.4, 0.5) is 0 Å². The molecule has 1 aromatic rings. The molecule has 0 saturated heterocycles. The summed E-state index contributed by atoms with van der Waals surface area (Å²) < 4.78 is 5.43. The Hall–Kier alpha value is -1.28. The molecule has 1 aromatic carbocycles. The van der Waals surface area contributed by atoms with Gasteiger partial charge in [-0.1, -0.05) is 25.1 Å². The van der Waals surface area contributed by atoms with Gasteiger partial charge < -0.3 is 10.1 Å². The number of aryl methyl sites for hydroxylation is 1. The van der Waals surface area contributed by atoms with Crippen LogP contribution in [0.3, 0.4) is 0 Å². The van der Waals surface area contributed by atoms with Gasteiger partial charge in [-0.2, -0.15) is 0 Å². The van der Waals surface area contributed by atoms with E-state index in [-0.39, 0.29) is 6.04 Å². The monoisotopic (exact) mass is 219 g/mol. The average molecular weight is 219 g/mol. The second kappa shape index (κ2) is 6.33. The van der Waals surface area contributed by atoms with Gasteiger partial charge in [0.15, 0.2) is 0 Å². The molecule has 0 fully saturated rings. The van der Waals surface area contributed by atoms with Gasteiger partial charge in [0, 0.05) is 11.6 Å². The summed E-state index contributed by atoms with van der Waals surface area (Å²) in [5.74, 6) is 0.952. The van der Waals surface area contributed by atoms with Gasteiger partial charge in [-0.3, -0.25) is 0 Å². The SMILES string of the molecule is C=CCC(NCC)c1ccc(C)cc1OC. The maximum atomic E-state index is 5.43. The fourth-order valence-electron chi connectivity index (χ4n) is 1.84. The van der Waals surface area contributed by atoms with Crippen molar-refractivity contribution in [3.05, 3.63) is 42.0 Å². The zero-order valence-electron chi connectivity index (χ0n) is 10.4. The van der Waals surface area contributed by atoms with Gasteiger partial charge in [-0.15, -0.1) is 6.58 Å². The molecule has 16 heavy (non-hydrogen) atoms. The largest absolute Gasteiger partial charge is 0.496 e. The van der Waals surface area contributed by atoms with Crippen molar-refractivity contribution in [1.29, 1.82) is 0 Å². The molecule has 0 bridgehead atoms. The van der Waals surface area contributed by atoms with Crippen LogP contribution in [0.2, 0.25) is 0 Å². The molecule has 0 aromatic heterocycles. The summed E-state index contributed by atoms with van der Waals surface area (Å²) >= 11 is 0. The van der Waals surface area contributed by atoms with Gasteiger partial charge in [-0.25, -0.2) is 0 Å². The van der Waals surface area contributed by atoms with Crippen molar-refractivity contribution in [3.63, 3.8) is 0 Å². The lowest BCUT2D eigenvalue weighted by Crippen LogP contribution is -2.20. The molecule has 1 rings (SSSR count). The fraction of sp³-hybridized carbons (Fsp3) is 0.429. The van der Waals surface area contributed by atoms with Crippen LogP contribution in [0.15, 0.2) is 30.9 Å². The lowest BCUT2D eigenvalue weighted by molar-refractivity contribution is 0.399. The van der Waals surface area contributed by atoms with Crippen molar-refractivity contribution >= 4 is 0 Å². The Kier molecular flexibility index (Phi) is 5.06. The molecule has 2 heteroatoms. The molecule has 0 aliphatic heterocycles. The summed E-state index contributed by atoms with van der Waals surface area (Å²) in [6.45, 7) is 8.92. The van der Waals surface area contributed by atoms with Crippen LogP contribution in [-0.4, -0.2) is 13.7 Å². The Bertz CT molecular complexity index is 347. The minimum atomic E-state index is 0.290. The van der Waals surface area contributed by atoms with E-state index in [1.807, 2.05) is 6.08 Å². The molecule has 1 N–H and O–H groups in total. The molecule has 0 heterocycles. The number of ether oxygens (including phenoxy) is 1. The van der Waals surface area contributed by atoms with Gasteiger partial charge >= 0.3 is 0 Å². The lowest BCUT2D eigenvalue weighted by atomic mass is 10.0. The van der Waals surface area contributed by atoms with E-state index in [1.54, 1.807) is 7.11 Å². The molecule has 2 nitrogen and oxygen atoms in total. The van der Waals surface area contributed by atoms with Crippen molar-refractivity contribution in [1.82, 2.24) is 5.32 Å². The molecule has 1 unspecified atom stereocenters. The summed E-state index contributed by atoms with van der Waals surface area (Å²) in [6, 6.07) is 6.61. The van der Waals surface area contributed by atoms with Gasteiger partial charge in [-0.05, 0) is 31.5 Å². The summed E-state index contributed by atoms with van der Waals surface area (Å²) in [5.41, 5.74) is 2.42. The quantitative estimate of drug-likeness (QED) is 0.742. The van der Waals surface area contributed by atoms with E-state index in [0.29, 0.717) is 0 Å². The molecule has 88 valence electrons. The van der Waals surface area contributed by atoms with Crippen LogP contribution in [0.25, 0.3) is 0 Å². The third kappa shape index (κ3) is 3.11. The van der Waals surface area contributed by atoms with E-state index < -0.39 is 0 Å². The second-order valence-corrected chi connectivity index (χ2v) is 3.88. The Morgan fingerprint density at radius 2 is 2.25 bits per heavy atom. The fourth-order valence-corrected chi connectivity index (χ4v) is 1.84. The van der Waals surface area contributed by atoms with E-state index in [9.17, 15) is 0 Å². The van der Waals surface area contributed by atoms with E-state index in [0.717, 1.165) is 18.7 Å². The van der Waals surface area contributed by atoms with E-state index in [2.05, 4.69) is 43.9 Å². The average Bonchev–Trinajstić information content (AvgIpc) is 2.28. The first kappa shape index (κ1) is 12.8. The van der Waals surface area contributed by atoms with Gasteiger partial charge in [0.1, 0.15) is 5.75 Å².